The highest BCUT2D eigenvalue weighted by Gasteiger charge is 2.36. The third-order valence-corrected chi connectivity index (χ3v) is 4.66. The molecule has 2 aliphatic rings. The highest BCUT2D eigenvalue weighted by molar-refractivity contribution is 7.99. The van der Waals surface area contributed by atoms with Crippen molar-refractivity contribution in [3.05, 3.63) is 0 Å². The predicted octanol–water partition coefficient (Wildman–Crippen LogP) is 2.33. The lowest BCUT2D eigenvalue weighted by Crippen LogP contribution is -2.43. The summed E-state index contributed by atoms with van der Waals surface area (Å²) >= 11 is 2.05. The molecule has 16 heavy (non-hydrogen) atoms. The van der Waals surface area contributed by atoms with E-state index in [4.69, 9.17) is 5.73 Å². The van der Waals surface area contributed by atoms with E-state index in [1.807, 2.05) is 0 Å². The largest absolute Gasteiger partial charge is 0.329 e. The van der Waals surface area contributed by atoms with Crippen molar-refractivity contribution in [2.75, 3.05) is 24.6 Å². The molecule has 0 aromatic carbocycles. The van der Waals surface area contributed by atoms with Crippen LogP contribution >= 0.6 is 11.8 Å². The van der Waals surface area contributed by atoms with E-state index >= 15 is 0 Å². The Morgan fingerprint density at radius 2 is 2.06 bits per heavy atom. The molecule has 3 heteroatoms. The summed E-state index contributed by atoms with van der Waals surface area (Å²) in [6, 6.07) is 1.55. The Morgan fingerprint density at radius 1 is 1.31 bits per heavy atom. The van der Waals surface area contributed by atoms with Crippen molar-refractivity contribution in [3.63, 3.8) is 0 Å². The molecule has 94 valence electrons. The fourth-order valence-corrected chi connectivity index (χ4v) is 3.11. The van der Waals surface area contributed by atoms with Crippen LogP contribution in [0.4, 0.5) is 0 Å². The Bertz CT molecular complexity index is 202. The van der Waals surface area contributed by atoms with Gasteiger partial charge < -0.3 is 5.73 Å². The van der Waals surface area contributed by atoms with Crippen LogP contribution < -0.4 is 5.73 Å². The number of nitrogens with zero attached hydrogens (tertiary/aromatic N) is 1. The first-order valence-electron chi connectivity index (χ1n) is 6.88. The number of nitrogens with two attached hydrogens (primary N) is 1. The SMILES string of the molecule is CCSCCC(CN)N(CC1CC1)C1CC1. The van der Waals surface area contributed by atoms with Crippen molar-refractivity contribution in [1.82, 2.24) is 4.90 Å². The minimum atomic E-state index is 0.659. The van der Waals surface area contributed by atoms with Crippen LogP contribution in [0, 0.1) is 5.92 Å². The van der Waals surface area contributed by atoms with E-state index in [2.05, 4.69) is 23.6 Å². The monoisotopic (exact) mass is 242 g/mol. The lowest BCUT2D eigenvalue weighted by atomic mass is 10.1. The summed E-state index contributed by atoms with van der Waals surface area (Å²) in [4.78, 5) is 2.74. The summed E-state index contributed by atoms with van der Waals surface area (Å²) in [6.07, 6.45) is 7.06. The van der Waals surface area contributed by atoms with Crippen molar-refractivity contribution < 1.29 is 0 Å². The van der Waals surface area contributed by atoms with Crippen LogP contribution in [0.15, 0.2) is 0 Å². The van der Waals surface area contributed by atoms with E-state index < -0.39 is 0 Å². The first kappa shape index (κ1) is 12.7. The van der Waals surface area contributed by atoms with Gasteiger partial charge in [-0.05, 0) is 49.5 Å². The molecule has 0 aromatic rings. The van der Waals surface area contributed by atoms with Crippen LogP contribution in [0.1, 0.15) is 39.0 Å². The molecule has 0 aromatic heterocycles. The van der Waals surface area contributed by atoms with Crippen molar-refractivity contribution >= 4 is 11.8 Å². The summed E-state index contributed by atoms with van der Waals surface area (Å²) in [5.74, 6) is 3.53. The normalized spacial score (nSPS) is 22.7. The van der Waals surface area contributed by atoms with Gasteiger partial charge in [0.15, 0.2) is 0 Å². The lowest BCUT2D eigenvalue weighted by Gasteiger charge is -2.31. The molecule has 0 saturated heterocycles. The second-order valence-corrected chi connectivity index (χ2v) is 6.64. The Kier molecular flexibility index (Phi) is 4.98. The molecule has 2 N–H and O–H groups in total. The molecule has 2 rings (SSSR count). The number of thioether (sulfide) groups is 1. The topological polar surface area (TPSA) is 29.3 Å². The van der Waals surface area contributed by atoms with Crippen LogP contribution in [0.2, 0.25) is 0 Å². The van der Waals surface area contributed by atoms with Crippen LogP contribution in [0.3, 0.4) is 0 Å². The van der Waals surface area contributed by atoms with Crippen LogP contribution in [0.25, 0.3) is 0 Å². The van der Waals surface area contributed by atoms with Crippen molar-refractivity contribution in [3.8, 4) is 0 Å². The molecule has 0 amide bonds. The predicted molar refractivity (Wildman–Crippen MR) is 72.9 cm³/mol. The van der Waals surface area contributed by atoms with Gasteiger partial charge in [0, 0.05) is 25.2 Å². The molecule has 0 heterocycles. The average Bonchev–Trinajstić information content (AvgIpc) is 3.16. The Morgan fingerprint density at radius 3 is 2.56 bits per heavy atom. The second-order valence-electron chi connectivity index (χ2n) is 5.25. The van der Waals surface area contributed by atoms with E-state index in [1.165, 1.54) is 50.2 Å². The summed E-state index contributed by atoms with van der Waals surface area (Å²) in [6.45, 7) is 4.43. The number of rotatable bonds is 9. The van der Waals surface area contributed by atoms with E-state index in [0.717, 1.165) is 18.5 Å². The third-order valence-electron chi connectivity index (χ3n) is 3.72. The first-order chi connectivity index (χ1) is 7.85. The summed E-state index contributed by atoms with van der Waals surface area (Å²) in [5, 5.41) is 0. The van der Waals surface area contributed by atoms with Gasteiger partial charge in [-0.15, -0.1) is 0 Å². The molecule has 0 aliphatic heterocycles. The summed E-state index contributed by atoms with van der Waals surface area (Å²) in [7, 11) is 0. The molecule has 2 aliphatic carbocycles. The summed E-state index contributed by atoms with van der Waals surface area (Å²) in [5.41, 5.74) is 5.97. The molecule has 0 radical (unpaired) electrons. The minimum Gasteiger partial charge on any atom is -0.329 e. The van der Waals surface area contributed by atoms with Gasteiger partial charge in [0.05, 0.1) is 0 Å². The molecular weight excluding hydrogens is 216 g/mol. The highest BCUT2D eigenvalue weighted by Crippen LogP contribution is 2.36. The molecule has 0 spiro atoms. The lowest BCUT2D eigenvalue weighted by molar-refractivity contribution is 0.178. The quantitative estimate of drug-likeness (QED) is 0.629. The number of hydrogen-bond acceptors (Lipinski definition) is 3. The zero-order valence-corrected chi connectivity index (χ0v) is 11.3. The molecule has 1 atom stereocenters. The molecule has 1 unspecified atom stereocenters. The van der Waals surface area contributed by atoms with Crippen molar-refractivity contribution in [2.45, 2.75) is 51.1 Å². The maximum absolute atomic E-state index is 5.97. The fourth-order valence-electron chi connectivity index (χ4n) is 2.38. The van der Waals surface area contributed by atoms with Gasteiger partial charge >= 0.3 is 0 Å². The summed E-state index contributed by atoms with van der Waals surface area (Å²) < 4.78 is 0. The van der Waals surface area contributed by atoms with Crippen LogP contribution in [0.5, 0.6) is 0 Å². The second kappa shape index (κ2) is 6.27. The molecule has 2 fully saturated rings. The Hall–Kier alpha value is 0.270. The molecule has 0 bridgehead atoms. The van der Waals surface area contributed by atoms with E-state index in [-0.39, 0.29) is 0 Å². The Labute approximate surface area is 104 Å². The molecule has 2 nitrogen and oxygen atoms in total. The van der Waals surface area contributed by atoms with Crippen molar-refractivity contribution in [1.29, 1.82) is 0 Å². The van der Waals surface area contributed by atoms with Crippen LogP contribution in [-0.2, 0) is 0 Å². The standard InChI is InChI=1S/C13H26N2S/c1-2-16-8-7-13(9-14)15(12-5-6-12)10-11-3-4-11/h11-13H,2-10,14H2,1H3. The average molecular weight is 242 g/mol. The maximum atomic E-state index is 5.97. The van der Waals surface area contributed by atoms with E-state index in [0.29, 0.717) is 6.04 Å². The zero-order chi connectivity index (χ0) is 11.4. The van der Waals surface area contributed by atoms with Gasteiger partial charge in [0.1, 0.15) is 0 Å². The van der Waals surface area contributed by atoms with Crippen LogP contribution in [-0.4, -0.2) is 41.6 Å². The van der Waals surface area contributed by atoms with Gasteiger partial charge in [-0.1, -0.05) is 6.92 Å². The minimum absolute atomic E-state index is 0.659. The third kappa shape index (κ3) is 3.94. The fraction of sp³-hybridized carbons (Fsp3) is 1.00. The van der Waals surface area contributed by atoms with Gasteiger partial charge in [0.25, 0.3) is 0 Å². The van der Waals surface area contributed by atoms with E-state index in [9.17, 15) is 0 Å². The highest BCUT2D eigenvalue weighted by atomic mass is 32.2. The smallest absolute Gasteiger partial charge is 0.0229 e. The Balaban J connectivity index is 1.77. The zero-order valence-electron chi connectivity index (χ0n) is 10.5. The van der Waals surface area contributed by atoms with Crippen molar-refractivity contribution in [2.24, 2.45) is 11.7 Å². The van der Waals surface area contributed by atoms with E-state index in [1.54, 1.807) is 0 Å². The van der Waals surface area contributed by atoms with Gasteiger partial charge in [-0.2, -0.15) is 11.8 Å². The molecular formula is C13H26N2S. The molecule has 2 saturated carbocycles. The van der Waals surface area contributed by atoms with Gasteiger partial charge in [0.2, 0.25) is 0 Å². The number of hydrogen-bond donors (Lipinski definition) is 1. The maximum Gasteiger partial charge on any atom is 0.0229 e. The van der Waals surface area contributed by atoms with Gasteiger partial charge in [-0.3, -0.25) is 4.90 Å². The van der Waals surface area contributed by atoms with Gasteiger partial charge in [-0.25, -0.2) is 0 Å². The first-order valence-corrected chi connectivity index (χ1v) is 8.04.